The van der Waals surface area contributed by atoms with E-state index in [1.807, 2.05) is 36.4 Å². The highest BCUT2D eigenvalue weighted by Crippen LogP contribution is 2.32. The first-order valence-corrected chi connectivity index (χ1v) is 10.3. The van der Waals surface area contributed by atoms with Crippen molar-refractivity contribution in [3.63, 3.8) is 0 Å². The highest BCUT2D eigenvalue weighted by atomic mass is 79.9. The van der Waals surface area contributed by atoms with Gasteiger partial charge >= 0.3 is 0 Å². The molecule has 27 heavy (non-hydrogen) atoms. The van der Waals surface area contributed by atoms with E-state index in [2.05, 4.69) is 26.0 Å². The fourth-order valence-corrected chi connectivity index (χ4v) is 4.62. The van der Waals surface area contributed by atoms with Crippen molar-refractivity contribution in [2.24, 2.45) is 5.10 Å². The number of hydrogen-bond acceptors (Lipinski definition) is 5. The van der Waals surface area contributed by atoms with Crippen LogP contribution in [0.3, 0.4) is 0 Å². The molecule has 4 rings (SSSR count). The third-order valence-corrected chi connectivity index (χ3v) is 6.22. The van der Waals surface area contributed by atoms with Crippen molar-refractivity contribution in [1.29, 1.82) is 0 Å². The summed E-state index contributed by atoms with van der Waals surface area (Å²) in [6.07, 6.45) is 1.60. The number of hydrogen-bond donors (Lipinski definition) is 0. The zero-order valence-electron chi connectivity index (χ0n) is 13.7. The predicted molar refractivity (Wildman–Crippen MR) is 112 cm³/mol. The van der Waals surface area contributed by atoms with Gasteiger partial charge in [0.2, 0.25) is 5.13 Å². The molecule has 0 fully saturated rings. The van der Waals surface area contributed by atoms with Gasteiger partial charge in [-0.05, 0) is 51.8 Å². The summed E-state index contributed by atoms with van der Waals surface area (Å²) < 4.78 is 15.0. The van der Waals surface area contributed by atoms with E-state index in [0.29, 0.717) is 20.2 Å². The third kappa shape index (κ3) is 3.97. The number of nitrogens with zero attached hydrogens (tertiary/aromatic N) is 3. The molecule has 2 heterocycles. The van der Waals surface area contributed by atoms with Gasteiger partial charge in [-0.15, -0.1) is 11.3 Å². The van der Waals surface area contributed by atoms with Crippen molar-refractivity contribution in [1.82, 2.24) is 4.98 Å². The predicted octanol–water partition coefficient (Wildman–Crippen LogP) is 5.94. The Morgan fingerprint density at radius 2 is 1.93 bits per heavy atom. The Morgan fingerprint density at radius 1 is 1.11 bits per heavy atom. The minimum atomic E-state index is -0.342. The third-order valence-electron chi connectivity index (χ3n) is 3.62. The van der Waals surface area contributed by atoms with Crippen LogP contribution in [0, 0.1) is 5.82 Å². The fourth-order valence-electron chi connectivity index (χ4n) is 2.36. The molecule has 0 aliphatic heterocycles. The maximum atomic E-state index is 13.5. The van der Waals surface area contributed by atoms with Gasteiger partial charge in [0.25, 0.3) is 5.91 Å². The molecular weight excluding hydrogens is 449 g/mol. The van der Waals surface area contributed by atoms with Crippen LogP contribution in [0.15, 0.2) is 69.6 Å². The van der Waals surface area contributed by atoms with Crippen molar-refractivity contribution in [2.45, 2.75) is 0 Å². The average Bonchev–Trinajstić information content (AvgIpc) is 3.28. The molecule has 0 radical (unpaired) electrons. The zero-order chi connectivity index (χ0) is 18.8. The monoisotopic (exact) mass is 459 g/mol. The van der Waals surface area contributed by atoms with Gasteiger partial charge in [-0.1, -0.05) is 41.7 Å². The number of aromatic nitrogens is 1. The van der Waals surface area contributed by atoms with E-state index in [0.717, 1.165) is 9.35 Å². The Morgan fingerprint density at radius 3 is 2.67 bits per heavy atom. The normalized spacial score (nSPS) is 11.3. The van der Waals surface area contributed by atoms with Crippen molar-refractivity contribution < 1.29 is 9.18 Å². The first-order valence-electron chi connectivity index (χ1n) is 7.85. The van der Waals surface area contributed by atoms with Crippen LogP contribution < -0.4 is 5.01 Å². The van der Waals surface area contributed by atoms with Crippen LogP contribution in [-0.4, -0.2) is 17.1 Å². The highest BCUT2D eigenvalue weighted by molar-refractivity contribution is 9.11. The Hall–Kier alpha value is -2.42. The molecule has 8 heteroatoms. The molecule has 134 valence electrons. The molecule has 0 saturated heterocycles. The molecule has 2 aromatic carbocycles. The molecule has 4 nitrogen and oxygen atoms in total. The van der Waals surface area contributed by atoms with E-state index in [1.165, 1.54) is 39.8 Å². The van der Waals surface area contributed by atoms with Gasteiger partial charge in [0, 0.05) is 0 Å². The summed E-state index contributed by atoms with van der Waals surface area (Å²) in [5, 5.41) is 6.02. The van der Waals surface area contributed by atoms with Gasteiger partial charge in [0.05, 0.1) is 25.1 Å². The largest absolute Gasteiger partial charge is 0.290 e. The van der Waals surface area contributed by atoms with E-state index in [-0.39, 0.29) is 11.7 Å². The first-order chi connectivity index (χ1) is 13.1. The smallest absolute Gasteiger partial charge is 0.266 e. The van der Waals surface area contributed by atoms with E-state index < -0.39 is 0 Å². The summed E-state index contributed by atoms with van der Waals surface area (Å²) in [4.78, 5) is 18.0. The van der Waals surface area contributed by atoms with E-state index in [9.17, 15) is 9.18 Å². The standard InChI is InChI=1S/C19H11BrFN3OS2/c20-17-9-8-15(26-17)18(25)24(22-11-12-4-2-1-3-5-12)19-23-14-7-6-13(21)10-16(14)27-19/h1-11H/b22-11+. The lowest BCUT2D eigenvalue weighted by molar-refractivity contribution is 0.0991. The number of halogens is 2. The van der Waals surface area contributed by atoms with Crippen molar-refractivity contribution in [3.05, 3.63) is 80.7 Å². The minimum Gasteiger partial charge on any atom is -0.266 e. The quantitative estimate of drug-likeness (QED) is 0.280. The number of rotatable bonds is 4. The van der Waals surface area contributed by atoms with Gasteiger partial charge in [0.1, 0.15) is 5.82 Å². The number of amides is 1. The molecule has 0 bridgehead atoms. The van der Waals surface area contributed by atoms with E-state index in [1.54, 1.807) is 18.3 Å². The van der Waals surface area contributed by atoms with Crippen molar-refractivity contribution in [2.75, 3.05) is 5.01 Å². The summed E-state index contributed by atoms with van der Waals surface area (Å²) in [6.45, 7) is 0. The molecule has 0 unspecified atom stereocenters. The van der Waals surface area contributed by atoms with Gasteiger partial charge in [-0.25, -0.2) is 9.37 Å². The maximum Gasteiger partial charge on any atom is 0.290 e. The van der Waals surface area contributed by atoms with Crippen LogP contribution in [0.25, 0.3) is 10.2 Å². The highest BCUT2D eigenvalue weighted by Gasteiger charge is 2.22. The Labute approximate surface area is 170 Å². The maximum absolute atomic E-state index is 13.5. The lowest BCUT2D eigenvalue weighted by atomic mass is 10.2. The lowest BCUT2D eigenvalue weighted by Crippen LogP contribution is -2.24. The number of carbonyl (C=O) groups excluding carboxylic acids is 1. The topological polar surface area (TPSA) is 45.6 Å². The number of hydrazone groups is 1. The molecule has 0 spiro atoms. The number of benzene rings is 2. The van der Waals surface area contributed by atoms with Gasteiger partial charge in [0.15, 0.2) is 0 Å². The molecule has 0 saturated carbocycles. The van der Waals surface area contributed by atoms with Crippen LogP contribution in [0.4, 0.5) is 9.52 Å². The van der Waals surface area contributed by atoms with Gasteiger partial charge in [-0.3, -0.25) is 4.79 Å². The van der Waals surface area contributed by atoms with Crippen LogP contribution in [0.2, 0.25) is 0 Å². The molecule has 2 aromatic heterocycles. The van der Waals surface area contributed by atoms with Gasteiger partial charge < -0.3 is 0 Å². The molecule has 0 atom stereocenters. The first kappa shape index (κ1) is 18.0. The van der Waals surface area contributed by atoms with Gasteiger partial charge in [-0.2, -0.15) is 10.1 Å². The number of fused-ring (bicyclic) bond motifs is 1. The summed E-state index contributed by atoms with van der Waals surface area (Å²) in [5.74, 6) is -0.636. The lowest BCUT2D eigenvalue weighted by Gasteiger charge is -2.12. The molecule has 0 aliphatic carbocycles. The second kappa shape index (κ2) is 7.67. The van der Waals surface area contributed by atoms with E-state index in [4.69, 9.17) is 0 Å². The van der Waals surface area contributed by atoms with Crippen LogP contribution >= 0.6 is 38.6 Å². The summed E-state index contributed by atoms with van der Waals surface area (Å²) in [5.41, 5.74) is 1.48. The van der Waals surface area contributed by atoms with Crippen LogP contribution in [-0.2, 0) is 0 Å². The van der Waals surface area contributed by atoms with Crippen LogP contribution in [0.5, 0.6) is 0 Å². The van der Waals surface area contributed by atoms with Crippen molar-refractivity contribution >= 4 is 66.1 Å². The fraction of sp³-hybridized carbons (Fsp3) is 0. The summed E-state index contributed by atoms with van der Waals surface area (Å²) in [6, 6.07) is 17.4. The number of carbonyl (C=O) groups is 1. The molecule has 0 aliphatic rings. The zero-order valence-corrected chi connectivity index (χ0v) is 16.9. The molecule has 1 amide bonds. The SMILES string of the molecule is O=C(c1ccc(Br)s1)N(/N=C/c1ccccc1)c1nc2ccc(F)cc2s1. The second-order valence-corrected chi connectivity index (χ2v) is 8.96. The molecular formula is C19H11BrFN3OS2. The Kier molecular flexibility index (Phi) is 5.11. The molecule has 0 N–H and O–H groups in total. The second-order valence-electron chi connectivity index (χ2n) is 5.48. The van der Waals surface area contributed by atoms with Crippen LogP contribution in [0.1, 0.15) is 15.2 Å². The number of thiophene rings is 1. The van der Waals surface area contributed by atoms with E-state index >= 15 is 0 Å². The van der Waals surface area contributed by atoms with Crippen molar-refractivity contribution in [3.8, 4) is 0 Å². The minimum absolute atomic E-state index is 0.294. The number of anilines is 1. The summed E-state index contributed by atoms with van der Waals surface area (Å²) >= 11 is 5.91. The molecule has 4 aromatic rings. The Balaban J connectivity index is 1.76. The Bertz CT molecular complexity index is 1140. The number of thiazole rings is 1. The summed E-state index contributed by atoms with van der Waals surface area (Å²) in [7, 11) is 0. The average molecular weight is 460 g/mol.